The molecule has 0 aliphatic heterocycles. The number of unbranched alkanes of at least 4 members (excludes halogenated alkanes) is 3. The van der Waals surface area contributed by atoms with Gasteiger partial charge >= 0.3 is 0 Å². The standard InChI is InChI=1S/C26H32O/c1-3-4-5-6-11-19-16-23-21-13-8-7-12-20(21)17-24(23)26(18(19)2)22-14-9-10-15-25(22)27/h7-8,12-13,16,22H,3-6,9-11,14-15,17H2,1-2H3. The lowest BCUT2D eigenvalue weighted by atomic mass is 9.76. The van der Waals surface area contributed by atoms with Gasteiger partial charge in [-0.05, 0) is 78.0 Å². The number of rotatable bonds is 6. The molecule has 2 aliphatic rings. The number of hydrogen-bond acceptors (Lipinski definition) is 1. The van der Waals surface area contributed by atoms with Crippen molar-refractivity contribution in [2.75, 3.05) is 0 Å². The van der Waals surface area contributed by atoms with Crippen LogP contribution in [0.4, 0.5) is 0 Å². The van der Waals surface area contributed by atoms with E-state index in [9.17, 15) is 4.79 Å². The molecule has 0 N–H and O–H groups in total. The molecule has 1 nitrogen and oxygen atoms in total. The van der Waals surface area contributed by atoms with Crippen LogP contribution in [0.3, 0.4) is 0 Å². The monoisotopic (exact) mass is 360 g/mol. The number of hydrogen-bond donors (Lipinski definition) is 0. The summed E-state index contributed by atoms with van der Waals surface area (Å²) in [6.45, 7) is 4.56. The van der Waals surface area contributed by atoms with Gasteiger partial charge in [-0.15, -0.1) is 0 Å². The van der Waals surface area contributed by atoms with Crippen molar-refractivity contribution in [2.24, 2.45) is 0 Å². The Morgan fingerprint density at radius 3 is 2.70 bits per heavy atom. The van der Waals surface area contributed by atoms with Crippen LogP contribution in [0.2, 0.25) is 0 Å². The zero-order chi connectivity index (χ0) is 18.8. The molecular weight excluding hydrogens is 328 g/mol. The van der Waals surface area contributed by atoms with Gasteiger partial charge < -0.3 is 0 Å². The lowest BCUT2D eigenvalue weighted by Crippen LogP contribution is -2.20. The Balaban J connectivity index is 1.78. The maximum Gasteiger partial charge on any atom is 0.140 e. The molecule has 4 rings (SSSR count). The van der Waals surface area contributed by atoms with Crippen molar-refractivity contribution in [3.05, 3.63) is 58.1 Å². The fourth-order valence-corrected chi connectivity index (χ4v) is 5.23. The van der Waals surface area contributed by atoms with Crippen molar-refractivity contribution in [1.82, 2.24) is 0 Å². The minimum atomic E-state index is 0.136. The summed E-state index contributed by atoms with van der Waals surface area (Å²) >= 11 is 0. The zero-order valence-electron chi connectivity index (χ0n) is 16.9. The second-order valence-electron chi connectivity index (χ2n) is 8.51. The third-order valence-electron chi connectivity index (χ3n) is 6.73. The van der Waals surface area contributed by atoms with Crippen molar-refractivity contribution in [2.45, 2.75) is 84.0 Å². The minimum absolute atomic E-state index is 0.136. The zero-order valence-corrected chi connectivity index (χ0v) is 16.9. The molecular formula is C26H32O. The molecule has 1 unspecified atom stereocenters. The van der Waals surface area contributed by atoms with Crippen LogP contribution in [0.1, 0.15) is 92.0 Å². The lowest BCUT2D eigenvalue weighted by Gasteiger charge is -2.27. The topological polar surface area (TPSA) is 17.1 Å². The van der Waals surface area contributed by atoms with Gasteiger partial charge in [0.05, 0.1) is 0 Å². The number of Topliss-reactive ketones (excluding diaryl/α,β-unsaturated/α-hetero) is 1. The Labute approximate surface area is 164 Å². The maximum absolute atomic E-state index is 12.8. The first-order valence-corrected chi connectivity index (χ1v) is 11.0. The highest BCUT2D eigenvalue weighted by Crippen LogP contribution is 2.45. The number of benzene rings is 2. The number of aryl methyl sites for hydroxylation is 1. The molecule has 1 atom stereocenters. The molecule has 142 valence electrons. The third kappa shape index (κ3) is 3.49. The van der Waals surface area contributed by atoms with Gasteiger partial charge in [0.2, 0.25) is 0 Å². The second kappa shape index (κ2) is 8.00. The van der Waals surface area contributed by atoms with E-state index < -0.39 is 0 Å². The van der Waals surface area contributed by atoms with Gasteiger partial charge in [0, 0.05) is 12.3 Å². The summed E-state index contributed by atoms with van der Waals surface area (Å²) in [5.41, 5.74) is 9.99. The molecule has 1 saturated carbocycles. The van der Waals surface area contributed by atoms with Crippen LogP contribution in [-0.2, 0) is 17.6 Å². The fourth-order valence-electron chi connectivity index (χ4n) is 5.23. The molecule has 0 spiro atoms. The van der Waals surface area contributed by atoms with Gasteiger partial charge in [0.1, 0.15) is 5.78 Å². The van der Waals surface area contributed by atoms with Crippen molar-refractivity contribution in [1.29, 1.82) is 0 Å². The van der Waals surface area contributed by atoms with Gasteiger partial charge in [-0.2, -0.15) is 0 Å². The average Bonchev–Trinajstić information content (AvgIpc) is 3.04. The van der Waals surface area contributed by atoms with Crippen molar-refractivity contribution < 1.29 is 4.79 Å². The predicted octanol–water partition coefficient (Wildman–Crippen LogP) is 6.92. The van der Waals surface area contributed by atoms with Gasteiger partial charge in [-0.25, -0.2) is 0 Å². The highest BCUT2D eigenvalue weighted by molar-refractivity contribution is 5.89. The number of carbonyl (C=O) groups is 1. The molecule has 2 aromatic rings. The number of carbonyl (C=O) groups excluding carboxylic acids is 1. The normalized spacial score (nSPS) is 18.4. The average molecular weight is 361 g/mol. The smallest absolute Gasteiger partial charge is 0.140 e. The Morgan fingerprint density at radius 1 is 1.04 bits per heavy atom. The van der Waals surface area contributed by atoms with Gasteiger partial charge in [0.25, 0.3) is 0 Å². The first kappa shape index (κ1) is 18.5. The quantitative estimate of drug-likeness (QED) is 0.436. The maximum atomic E-state index is 12.8. The fraction of sp³-hybridized carbons (Fsp3) is 0.500. The van der Waals surface area contributed by atoms with E-state index in [1.807, 2.05) is 0 Å². The first-order valence-electron chi connectivity index (χ1n) is 11.0. The van der Waals surface area contributed by atoms with E-state index in [1.165, 1.54) is 71.0 Å². The summed E-state index contributed by atoms with van der Waals surface area (Å²) in [6, 6.07) is 11.3. The molecule has 0 saturated heterocycles. The summed E-state index contributed by atoms with van der Waals surface area (Å²) in [6.07, 6.45) is 11.4. The molecule has 1 heteroatoms. The van der Waals surface area contributed by atoms with Crippen LogP contribution in [0.25, 0.3) is 11.1 Å². The predicted molar refractivity (Wildman–Crippen MR) is 113 cm³/mol. The Bertz CT molecular complexity index is 846. The van der Waals surface area contributed by atoms with Gasteiger partial charge in [-0.3, -0.25) is 4.79 Å². The van der Waals surface area contributed by atoms with E-state index in [4.69, 9.17) is 0 Å². The van der Waals surface area contributed by atoms with Crippen LogP contribution in [0.15, 0.2) is 30.3 Å². The highest BCUT2D eigenvalue weighted by atomic mass is 16.1. The summed E-state index contributed by atoms with van der Waals surface area (Å²) < 4.78 is 0. The SMILES string of the molecule is CCCCCCc1cc2c(c(C3CCCCC3=O)c1C)Cc1ccccc1-2. The number of fused-ring (bicyclic) bond motifs is 3. The van der Waals surface area contributed by atoms with E-state index in [0.29, 0.717) is 5.78 Å². The largest absolute Gasteiger partial charge is 0.299 e. The van der Waals surface area contributed by atoms with Gasteiger partial charge in [0.15, 0.2) is 0 Å². The molecule has 27 heavy (non-hydrogen) atoms. The molecule has 2 aromatic carbocycles. The third-order valence-corrected chi connectivity index (χ3v) is 6.73. The van der Waals surface area contributed by atoms with E-state index in [0.717, 1.165) is 32.1 Å². The van der Waals surface area contributed by atoms with E-state index in [2.05, 4.69) is 44.2 Å². The van der Waals surface area contributed by atoms with Crippen LogP contribution in [-0.4, -0.2) is 5.78 Å². The van der Waals surface area contributed by atoms with Crippen LogP contribution in [0, 0.1) is 6.92 Å². The molecule has 1 fully saturated rings. The van der Waals surface area contributed by atoms with Crippen molar-refractivity contribution in [3.8, 4) is 11.1 Å². The molecule has 0 amide bonds. The Morgan fingerprint density at radius 2 is 1.89 bits per heavy atom. The highest BCUT2D eigenvalue weighted by Gasteiger charge is 2.32. The summed E-state index contributed by atoms with van der Waals surface area (Å²) in [5.74, 6) is 0.614. The Kier molecular flexibility index (Phi) is 5.48. The lowest BCUT2D eigenvalue weighted by molar-refractivity contribution is -0.121. The summed E-state index contributed by atoms with van der Waals surface area (Å²) in [4.78, 5) is 12.8. The van der Waals surface area contributed by atoms with Crippen LogP contribution in [0.5, 0.6) is 0 Å². The molecule has 0 radical (unpaired) electrons. The molecule has 0 heterocycles. The van der Waals surface area contributed by atoms with E-state index >= 15 is 0 Å². The summed E-state index contributed by atoms with van der Waals surface area (Å²) in [5, 5.41) is 0. The van der Waals surface area contributed by atoms with E-state index in [-0.39, 0.29) is 5.92 Å². The second-order valence-corrected chi connectivity index (χ2v) is 8.51. The molecule has 0 aromatic heterocycles. The molecule has 0 bridgehead atoms. The molecule has 2 aliphatic carbocycles. The van der Waals surface area contributed by atoms with Crippen molar-refractivity contribution in [3.63, 3.8) is 0 Å². The van der Waals surface area contributed by atoms with Crippen LogP contribution < -0.4 is 0 Å². The first-order chi connectivity index (χ1) is 13.2. The van der Waals surface area contributed by atoms with Gasteiger partial charge in [-0.1, -0.05) is 62.9 Å². The van der Waals surface area contributed by atoms with E-state index in [1.54, 1.807) is 0 Å². The van der Waals surface area contributed by atoms with Crippen molar-refractivity contribution >= 4 is 5.78 Å². The Hall–Kier alpha value is -1.89. The number of ketones is 1. The van der Waals surface area contributed by atoms with Crippen LogP contribution >= 0.6 is 0 Å². The minimum Gasteiger partial charge on any atom is -0.299 e. The summed E-state index contributed by atoms with van der Waals surface area (Å²) in [7, 11) is 0.